The molecular formula is C21H25NO. The highest BCUT2D eigenvalue weighted by Gasteiger charge is 2.09. The lowest BCUT2D eigenvalue weighted by Crippen LogP contribution is -1.85. The average Bonchev–Trinajstić information content (AvgIpc) is 3.06. The van der Waals surface area contributed by atoms with Gasteiger partial charge in [-0.15, -0.1) is 0 Å². The van der Waals surface area contributed by atoms with Crippen molar-refractivity contribution in [2.24, 2.45) is 0 Å². The predicted octanol–water partition coefficient (Wildman–Crippen LogP) is 6.40. The summed E-state index contributed by atoms with van der Waals surface area (Å²) in [4.78, 5) is 4.47. The van der Waals surface area contributed by atoms with Gasteiger partial charge in [0.25, 0.3) is 0 Å². The predicted molar refractivity (Wildman–Crippen MR) is 96.5 cm³/mol. The third-order valence-corrected chi connectivity index (χ3v) is 4.35. The Hall–Kier alpha value is -2.09. The number of nitrogens with zero attached hydrogens (tertiary/aromatic N) is 1. The fourth-order valence-corrected chi connectivity index (χ4v) is 3.05. The van der Waals surface area contributed by atoms with E-state index in [-0.39, 0.29) is 0 Å². The van der Waals surface area contributed by atoms with Crippen molar-refractivity contribution in [3.05, 3.63) is 54.6 Å². The Kier molecular flexibility index (Phi) is 5.46. The minimum Gasteiger partial charge on any atom is -0.441 e. The molecular weight excluding hydrogens is 282 g/mol. The van der Waals surface area contributed by atoms with Gasteiger partial charge in [0.05, 0.1) is 6.20 Å². The largest absolute Gasteiger partial charge is 0.441 e. The van der Waals surface area contributed by atoms with Gasteiger partial charge in [-0.1, -0.05) is 81.5 Å². The van der Waals surface area contributed by atoms with Crippen molar-refractivity contribution < 1.29 is 4.42 Å². The van der Waals surface area contributed by atoms with E-state index in [1.54, 1.807) is 0 Å². The SMILES string of the molecule is CCCCCCCCc1ncc(-c2cccc3ccccc23)o1. The van der Waals surface area contributed by atoms with Gasteiger partial charge in [-0.05, 0) is 17.2 Å². The van der Waals surface area contributed by atoms with Crippen LogP contribution in [0.2, 0.25) is 0 Å². The molecule has 0 aliphatic rings. The van der Waals surface area contributed by atoms with E-state index in [0.29, 0.717) is 0 Å². The molecule has 23 heavy (non-hydrogen) atoms. The molecule has 0 N–H and O–H groups in total. The van der Waals surface area contributed by atoms with E-state index in [0.717, 1.165) is 23.6 Å². The number of aryl methyl sites for hydroxylation is 1. The Labute approximate surface area is 138 Å². The third kappa shape index (κ3) is 4.01. The summed E-state index contributed by atoms with van der Waals surface area (Å²) in [7, 11) is 0. The molecule has 2 aromatic carbocycles. The minimum absolute atomic E-state index is 0.864. The van der Waals surface area contributed by atoms with E-state index >= 15 is 0 Å². The van der Waals surface area contributed by atoms with Crippen LogP contribution in [0.4, 0.5) is 0 Å². The standard InChI is InChI=1S/C21H25NO/c1-2-3-4-5-6-7-15-21-22-16-20(23-21)19-14-10-12-17-11-8-9-13-18(17)19/h8-14,16H,2-7,15H2,1H3. The maximum Gasteiger partial charge on any atom is 0.194 e. The molecule has 2 heteroatoms. The van der Waals surface area contributed by atoms with Crippen LogP contribution in [0, 0.1) is 0 Å². The highest BCUT2D eigenvalue weighted by molar-refractivity contribution is 5.95. The molecule has 0 spiro atoms. The first-order valence-electron chi connectivity index (χ1n) is 8.81. The summed E-state index contributed by atoms with van der Waals surface area (Å²) in [5.74, 6) is 1.74. The van der Waals surface area contributed by atoms with E-state index in [1.807, 2.05) is 6.20 Å². The second-order valence-electron chi connectivity index (χ2n) is 6.16. The smallest absolute Gasteiger partial charge is 0.194 e. The molecule has 120 valence electrons. The Morgan fingerprint density at radius 1 is 0.870 bits per heavy atom. The van der Waals surface area contributed by atoms with Crippen molar-refractivity contribution in [3.63, 3.8) is 0 Å². The summed E-state index contributed by atoms with van der Waals surface area (Å²) in [6, 6.07) is 14.7. The zero-order valence-corrected chi connectivity index (χ0v) is 13.9. The topological polar surface area (TPSA) is 26.0 Å². The number of hydrogen-bond donors (Lipinski definition) is 0. The maximum absolute atomic E-state index is 5.99. The highest BCUT2D eigenvalue weighted by Crippen LogP contribution is 2.29. The summed E-state index contributed by atoms with van der Waals surface area (Å²) in [5, 5.41) is 2.45. The molecule has 2 nitrogen and oxygen atoms in total. The Morgan fingerprint density at radius 3 is 2.57 bits per heavy atom. The van der Waals surface area contributed by atoms with Crippen molar-refractivity contribution in [1.82, 2.24) is 4.98 Å². The van der Waals surface area contributed by atoms with Crippen LogP contribution in [0.5, 0.6) is 0 Å². The molecule has 0 bridgehead atoms. The van der Waals surface area contributed by atoms with E-state index in [9.17, 15) is 0 Å². The molecule has 0 atom stereocenters. The molecule has 0 radical (unpaired) electrons. The van der Waals surface area contributed by atoms with Crippen LogP contribution in [-0.4, -0.2) is 4.98 Å². The molecule has 3 rings (SSSR count). The second kappa shape index (κ2) is 7.96. The number of unbranched alkanes of at least 4 members (excludes halogenated alkanes) is 5. The molecule has 0 aliphatic heterocycles. The number of fused-ring (bicyclic) bond motifs is 1. The fraction of sp³-hybridized carbons (Fsp3) is 0.381. The van der Waals surface area contributed by atoms with Crippen molar-refractivity contribution in [2.45, 2.75) is 51.9 Å². The quantitative estimate of drug-likeness (QED) is 0.450. The summed E-state index contributed by atoms with van der Waals surface area (Å²) >= 11 is 0. The van der Waals surface area contributed by atoms with Gasteiger partial charge in [0, 0.05) is 12.0 Å². The zero-order chi connectivity index (χ0) is 15.9. The van der Waals surface area contributed by atoms with Gasteiger partial charge in [-0.3, -0.25) is 0 Å². The third-order valence-electron chi connectivity index (χ3n) is 4.35. The Bertz CT molecular complexity index is 739. The highest BCUT2D eigenvalue weighted by atomic mass is 16.4. The summed E-state index contributed by atoms with van der Waals surface area (Å²) in [5.41, 5.74) is 1.13. The molecule has 0 saturated heterocycles. The summed E-state index contributed by atoms with van der Waals surface area (Å²) in [6.07, 6.45) is 10.6. The van der Waals surface area contributed by atoms with Crippen molar-refractivity contribution in [2.75, 3.05) is 0 Å². The Morgan fingerprint density at radius 2 is 1.65 bits per heavy atom. The van der Waals surface area contributed by atoms with E-state index in [1.165, 1.54) is 49.3 Å². The Balaban J connectivity index is 1.64. The first-order chi connectivity index (χ1) is 11.4. The number of aromatic nitrogens is 1. The lowest BCUT2D eigenvalue weighted by Gasteiger charge is -2.03. The molecule has 0 aliphatic carbocycles. The van der Waals surface area contributed by atoms with Crippen molar-refractivity contribution in [3.8, 4) is 11.3 Å². The number of benzene rings is 2. The normalized spacial score (nSPS) is 11.2. The second-order valence-corrected chi connectivity index (χ2v) is 6.16. The first-order valence-corrected chi connectivity index (χ1v) is 8.81. The summed E-state index contributed by atoms with van der Waals surface area (Å²) in [6.45, 7) is 2.25. The number of oxazole rings is 1. The minimum atomic E-state index is 0.864. The van der Waals surface area contributed by atoms with Gasteiger partial charge in [-0.2, -0.15) is 0 Å². The maximum atomic E-state index is 5.99. The van der Waals surface area contributed by atoms with E-state index < -0.39 is 0 Å². The fourth-order valence-electron chi connectivity index (χ4n) is 3.05. The van der Waals surface area contributed by atoms with Gasteiger partial charge < -0.3 is 4.42 Å². The molecule has 0 saturated carbocycles. The van der Waals surface area contributed by atoms with Crippen LogP contribution in [0.15, 0.2) is 53.1 Å². The summed E-state index contributed by atoms with van der Waals surface area (Å²) < 4.78 is 5.99. The number of hydrogen-bond acceptors (Lipinski definition) is 2. The first kappa shape index (κ1) is 15.8. The molecule has 3 aromatic rings. The lowest BCUT2D eigenvalue weighted by atomic mass is 10.0. The van der Waals surface area contributed by atoms with Crippen LogP contribution in [0.25, 0.3) is 22.1 Å². The van der Waals surface area contributed by atoms with Crippen LogP contribution in [-0.2, 0) is 6.42 Å². The average molecular weight is 307 g/mol. The van der Waals surface area contributed by atoms with Crippen LogP contribution < -0.4 is 0 Å². The molecule has 1 aromatic heterocycles. The van der Waals surface area contributed by atoms with Crippen LogP contribution >= 0.6 is 0 Å². The molecule has 0 fully saturated rings. The molecule has 1 heterocycles. The van der Waals surface area contributed by atoms with Gasteiger partial charge in [-0.25, -0.2) is 4.98 Å². The van der Waals surface area contributed by atoms with E-state index in [2.05, 4.69) is 54.4 Å². The lowest BCUT2D eigenvalue weighted by molar-refractivity contribution is 0.487. The zero-order valence-electron chi connectivity index (χ0n) is 13.9. The van der Waals surface area contributed by atoms with E-state index in [4.69, 9.17) is 4.42 Å². The monoisotopic (exact) mass is 307 g/mol. The molecule has 0 unspecified atom stereocenters. The van der Waals surface area contributed by atoms with Gasteiger partial charge in [0.2, 0.25) is 0 Å². The van der Waals surface area contributed by atoms with Crippen LogP contribution in [0.1, 0.15) is 51.3 Å². The van der Waals surface area contributed by atoms with Crippen molar-refractivity contribution >= 4 is 10.8 Å². The van der Waals surface area contributed by atoms with Crippen molar-refractivity contribution in [1.29, 1.82) is 0 Å². The van der Waals surface area contributed by atoms with Crippen LogP contribution in [0.3, 0.4) is 0 Å². The van der Waals surface area contributed by atoms with Gasteiger partial charge in [0.1, 0.15) is 0 Å². The van der Waals surface area contributed by atoms with Gasteiger partial charge in [0.15, 0.2) is 11.7 Å². The number of rotatable bonds is 8. The molecule has 0 amide bonds. The van der Waals surface area contributed by atoms with Gasteiger partial charge >= 0.3 is 0 Å².